The molecule has 1 unspecified atom stereocenters. The molecular weight excluding hydrogens is 258 g/mol. The maximum atomic E-state index is 12.2. The SMILES string of the molecule is CSc1ccc(C(=O)CN2CCCC(C)C2=O)cc1. The second-order valence-corrected chi connectivity index (χ2v) is 5.83. The topological polar surface area (TPSA) is 37.4 Å². The zero-order valence-corrected chi connectivity index (χ0v) is 12.2. The molecule has 4 heteroatoms. The Kier molecular flexibility index (Phi) is 4.64. The van der Waals surface area contributed by atoms with Crippen molar-refractivity contribution < 1.29 is 9.59 Å². The minimum Gasteiger partial charge on any atom is -0.335 e. The summed E-state index contributed by atoms with van der Waals surface area (Å²) in [6.45, 7) is 2.85. The molecule has 1 aromatic rings. The average molecular weight is 277 g/mol. The van der Waals surface area contributed by atoms with E-state index in [0.29, 0.717) is 12.1 Å². The Morgan fingerprint density at radius 3 is 2.68 bits per heavy atom. The number of thioether (sulfide) groups is 1. The fourth-order valence-corrected chi connectivity index (χ4v) is 2.74. The molecule has 0 spiro atoms. The Morgan fingerprint density at radius 1 is 1.37 bits per heavy atom. The van der Waals surface area contributed by atoms with Gasteiger partial charge in [0.05, 0.1) is 6.54 Å². The van der Waals surface area contributed by atoms with Crippen LogP contribution in [0.2, 0.25) is 0 Å². The van der Waals surface area contributed by atoms with Gasteiger partial charge in [-0.15, -0.1) is 11.8 Å². The van der Waals surface area contributed by atoms with Gasteiger partial charge < -0.3 is 4.90 Å². The number of piperidine rings is 1. The van der Waals surface area contributed by atoms with Gasteiger partial charge in [0, 0.05) is 22.9 Å². The maximum Gasteiger partial charge on any atom is 0.225 e. The van der Waals surface area contributed by atoms with Crippen LogP contribution in [0.3, 0.4) is 0 Å². The molecule has 0 aromatic heterocycles. The van der Waals surface area contributed by atoms with E-state index in [1.54, 1.807) is 16.7 Å². The van der Waals surface area contributed by atoms with Crippen molar-refractivity contribution in [2.75, 3.05) is 19.3 Å². The van der Waals surface area contributed by atoms with Crippen LogP contribution in [0.1, 0.15) is 30.1 Å². The molecule has 0 aliphatic carbocycles. The molecule has 1 saturated heterocycles. The van der Waals surface area contributed by atoms with Crippen LogP contribution in [0, 0.1) is 5.92 Å². The Morgan fingerprint density at radius 2 is 2.05 bits per heavy atom. The average Bonchev–Trinajstić information content (AvgIpc) is 2.44. The molecule has 0 radical (unpaired) electrons. The molecule has 0 bridgehead atoms. The number of carbonyl (C=O) groups is 2. The highest BCUT2D eigenvalue weighted by Crippen LogP contribution is 2.19. The van der Waals surface area contributed by atoms with E-state index in [9.17, 15) is 9.59 Å². The Bertz CT molecular complexity index is 470. The summed E-state index contributed by atoms with van der Waals surface area (Å²) in [7, 11) is 0. The summed E-state index contributed by atoms with van der Waals surface area (Å²) in [4.78, 5) is 27.0. The fourth-order valence-electron chi connectivity index (χ4n) is 2.33. The summed E-state index contributed by atoms with van der Waals surface area (Å²) in [6.07, 6.45) is 3.93. The van der Waals surface area contributed by atoms with Crippen molar-refractivity contribution in [2.24, 2.45) is 5.92 Å². The third-order valence-corrected chi connectivity index (χ3v) is 4.29. The van der Waals surface area contributed by atoms with Crippen molar-refractivity contribution in [2.45, 2.75) is 24.7 Å². The molecule has 1 fully saturated rings. The second kappa shape index (κ2) is 6.24. The van der Waals surface area contributed by atoms with Gasteiger partial charge in [-0.2, -0.15) is 0 Å². The van der Waals surface area contributed by atoms with E-state index in [0.717, 1.165) is 17.7 Å². The van der Waals surface area contributed by atoms with Crippen molar-refractivity contribution in [3.05, 3.63) is 29.8 Å². The van der Waals surface area contributed by atoms with Gasteiger partial charge in [0.25, 0.3) is 0 Å². The molecule has 0 N–H and O–H groups in total. The van der Waals surface area contributed by atoms with Crippen LogP contribution < -0.4 is 0 Å². The van der Waals surface area contributed by atoms with Crippen molar-refractivity contribution >= 4 is 23.5 Å². The van der Waals surface area contributed by atoms with Crippen LogP contribution in [0.15, 0.2) is 29.2 Å². The largest absolute Gasteiger partial charge is 0.335 e. The highest BCUT2D eigenvalue weighted by molar-refractivity contribution is 7.98. The summed E-state index contributed by atoms with van der Waals surface area (Å²) in [5, 5.41) is 0. The normalized spacial score (nSPS) is 19.6. The minimum atomic E-state index is 0.0232. The van der Waals surface area contributed by atoms with Crippen LogP contribution in [0.4, 0.5) is 0 Å². The highest BCUT2D eigenvalue weighted by atomic mass is 32.2. The summed E-state index contributed by atoms with van der Waals surface area (Å²) < 4.78 is 0. The van der Waals surface area contributed by atoms with Crippen LogP contribution in [0.25, 0.3) is 0 Å². The number of benzene rings is 1. The number of Topliss-reactive ketones (excluding diaryl/α,β-unsaturated/α-hetero) is 1. The molecule has 1 heterocycles. The van der Waals surface area contributed by atoms with Gasteiger partial charge in [-0.3, -0.25) is 9.59 Å². The van der Waals surface area contributed by atoms with Crippen molar-refractivity contribution in [3.8, 4) is 0 Å². The molecule has 1 amide bonds. The first-order valence-electron chi connectivity index (χ1n) is 6.58. The minimum absolute atomic E-state index is 0.0232. The van der Waals surface area contributed by atoms with E-state index in [2.05, 4.69) is 0 Å². The van der Waals surface area contributed by atoms with Gasteiger partial charge in [0.2, 0.25) is 5.91 Å². The van der Waals surface area contributed by atoms with Crippen LogP contribution >= 0.6 is 11.8 Å². The molecular formula is C15H19NO2S. The van der Waals surface area contributed by atoms with Gasteiger partial charge in [0.1, 0.15) is 0 Å². The standard InChI is InChI=1S/C15H19NO2S/c1-11-4-3-9-16(15(11)18)10-14(17)12-5-7-13(19-2)8-6-12/h5-8,11H,3-4,9-10H2,1-2H3. The van der Waals surface area contributed by atoms with E-state index < -0.39 is 0 Å². The van der Waals surface area contributed by atoms with Gasteiger partial charge in [-0.05, 0) is 31.2 Å². The summed E-state index contributed by atoms with van der Waals surface area (Å²) in [5.41, 5.74) is 0.684. The molecule has 3 nitrogen and oxygen atoms in total. The lowest BCUT2D eigenvalue weighted by Crippen LogP contribution is -2.42. The molecule has 1 aliphatic heterocycles. The summed E-state index contributed by atoms with van der Waals surface area (Å²) in [5.74, 6) is 0.191. The summed E-state index contributed by atoms with van der Waals surface area (Å²) in [6, 6.07) is 7.56. The van der Waals surface area contributed by atoms with E-state index in [1.807, 2.05) is 37.4 Å². The first kappa shape index (κ1) is 14.1. The quantitative estimate of drug-likeness (QED) is 0.627. The van der Waals surface area contributed by atoms with Crippen LogP contribution in [-0.2, 0) is 4.79 Å². The van der Waals surface area contributed by atoms with Crippen molar-refractivity contribution in [3.63, 3.8) is 0 Å². The van der Waals surface area contributed by atoms with Crippen LogP contribution in [-0.4, -0.2) is 35.9 Å². The maximum absolute atomic E-state index is 12.2. The lowest BCUT2D eigenvalue weighted by atomic mass is 9.98. The first-order valence-corrected chi connectivity index (χ1v) is 7.80. The predicted octanol–water partition coefficient (Wildman–Crippen LogP) is 2.85. The zero-order chi connectivity index (χ0) is 13.8. The zero-order valence-electron chi connectivity index (χ0n) is 11.4. The number of likely N-dealkylation sites (tertiary alicyclic amines) is 1. The van der Waals surface area contributed by atoms with Crippen molar-refractivity contribution in [1.29, 1.82) is 0 Å². The number of hydrogen-bond acceptors (Lipinski definition) is 3. The number of carbonyl (C=O) groups excluding carboxylic acids is 2. The number of amides is 1. The molecule has 0 saturated carbocycles. The van der Waals surface area contributed by atoms with E-state index >= 15 is 0 Å². The Balaban J connectivity index is 2.01. The smallest absolute Gasteiger partial charge is 0.225 e. The van der Waals surface area contributed by atoms with Crippen molar-refractivity contribution in [1.82, 2.24) is 4.90 Å². The monoisotopic (exact) mass is 277 g/mol. The number of ketones is 1. The number of hydrogen-bond donors (Lipinski definition) is 0. The third kappa shape index (κ3) is 3.38. The van der Waals surface area contributed by atoms with Gasteiger partial charge in [0.15, 0.2) is 5.78 Å². The van der Waals surface area contributed by atoms with Gasteiger partial charge >= 0.3 is 0 Å². The third-order valence-electron chi connectivity index (χ3n) is 3.54. The van der Waals surface area contributed by atoms with E-state index in [1.165, 1.54) is 0 Å². The van der Waals surface area contributed by atoms with Crippen LogP contribution in [0.5, 0.6) is 0 Å². The fraction of sp³-hybridized carbons (Fsp3) is 0.467. The second-order valence-electron chi connectivity index (χ2n) is 4.95. The Hall–Kier alpha value is -1.29. The molecule has 1 aliphatic rings. The van der Waals surface area contributed by atoms with Gasteiger partial charge in [-0.25, -0.2) is 0 Å². The number of rotatable bonds is 4. The lowest BCUT2D eigenvalue weighted by molar-refractivity contribution is -0.137. The Labute approximate surface area is 118 Å². The molecule has 102 valence electrons. The molecule has 2 rings (SSSR count). The summed E-state index contributed by atoms with van der Waals surface area (Å²) >= 11 is 1.65. The van der Waals surface area contributed by atoms with Gasteiger partial charge in [-0.1, -0.05) is 19.1 Å². The number of nitrogens with zero attached hydrogens (tertiary/aromatic N) is 1. The highest BCUT2D eigenvalue weighted by Gasteiger charge is 2.26. The van der Waals surface area contributed by atoms with E-state index in [4.69, 9.17) is 0 Å². The molecule has 1 aromatic carbocycles. The first-order chi connectivity index (χ1) is 9.11. The molecule has 1 atom stereocenters. The predicted molar refractivity (Wildman–Crippen MR) is 77.5 cm³/mol. The van der Waals surface area contributed by atoms with E-state index in [-0.39, 0.29) is 24.2 Å². The molecule has 19 heavy (non-hydrogen) atoms. The lowest BCUT2D eigenvalue weighted by Gasteiger charge is -2.30.